The summed E-state index contributed by atoms with van der Waals surface area (Å²) in [5.41, 5.74) is -2.12. The number of hydrogen-bond acceptors (Lipinski definition) is 4. The highest BCUT2D eigenvalue weighted by Crippen LogP contribution is 2.41. The second kappa shape index (κ2) is 14.4. The molecule has 0 radical (unpaired) electrons. The van der Waals surface area contributed by atoms with E-state index in [2.05, 4.69) is 10.6 Å². The molecule has 0 spiro atoms. The van der Waals surface area contributed by atoms with Gasteiger partial charge in [0.1, 0.15) is 29.6 Å². The maximum absolute atomic E-state index is 15.2. The molecule has 13 heteroatoms. The Hall–Kier alpha value is -3.64. The Kier molecular flexibility index (Phi) is 11.4. The second-order valence-corrected chi connectivity index (χ2v) is 11.9. The summed E-state index contributed by atoms with van der Waals surface area (Å²) < 4.78 is 99.4. The van der Waals surface area contributed by atoms with Gasteiger partial charge in [0.2, 0.25) is 5.91 Å². The van der Waals surface area contributed by atoms with Gasteiger partial charge in [-0.25, -0.2) is 17.6 Å². The van der Waals surface area contributed by atoms with Crippen LogP contribution in [0.2, 0.25) is 0 Å². The van der Waals surface area contributed by atoms with Crippen molar-refractivity contribution in [3.8, 4) is 5.75 Å². The largest absolute Gasteiger partial charge is 0.487 e. The van der Waals surface area contributed by atoms with Crippen molar-refractivity contribution in [2.45, 2.75) is 78.4 Å². The lowest BCUT2D eigenvalue weighted by atomic mass is 9.79. The number of rotatable bonds is 11. The van der Waals surface area contributed by atoms with E-state index < -0.39 is 65.3 Å². The van der Waals surface area contributed by atoms with Gasteiger partial charge in [-0.05, 0) is 62.3 Å². The van der Waals surface area contributed by atoms with Crippen LogP contribution < -0.4 is 15.4 Å². The molecular weight excluding hydrogens is 597 g/mol. The van der Waals surface area contributed by atoms with Crippen molar-refractivity contribution in [1.29, 1.82) is 0 Å². The molecule has 0 aliphatic heterocycles. The van der Waals surface area contributed by atoms with Gasteiger partial charge in [0.25, 0.3) is 12.3 Å². The molecule has 2 aromatic carbocycles. The number of Topliss-reactive ketones (excluding diaryl/α,β-unsaturated/α-hetero) is 1. The third-order valence-electron chi connectivity index (χ3n) is 7.51. The number of nitrogens with one attached hydrogen (secondary N) is 2. The first-order valence-corrected chi connectivity index (χ1v) is 14.2. The minimum absolute atomic E-state index is 0.0378. The van der Waals surface area contributed by atoms with Gasteiger partial charge in [0.05, 0.1) is 11.5 Å². The summed E-state index contributed by atoms with van der Waals surface area (Å²) in [5, 5.41) is 4.82. The van der Waals surface area contributed by atoms with E-state index in [0.29, 0.717) is 12.8 Å². The first-order valence-electron chi connectivity index (χ1n) is 14.2. The molecule has 1 saturated carbocycles. The standard InChI is InChI=1S/C31H35F7N2O4/c1-30(2,3)29(43)39-15-18-7-11-22(32)26(27(18)35)28(42)40-20-10-13-24(44-16-25(33)34)21(14-20)23(41)12-6-17-4-8-19(9-5-17)31(36,37)38/h7,10-11,13-14,17,19,25H,4-6,8-9,12,15-16H2,1-3H3,(H,39,43)(H,40,42). The van der Waals surface area contributed by atoms with E-state index in [-0.39, 0.29) is 60.7 Å². The zero-order valence-electron chi connectivity index (χ0n) is 24.6. The topological polar surface area (TPSA) is 84.5 Å². The van der Waals surface area contributed by atoms with Crippen molar-refractivity contribution in [2.75, 3.05) is 11.9 Å². The molecule has 242 valence electrons. The molecule has 0 unspecified atom stereocenters. The van der Waals surface area contributed by atoms with Crippen LogP contribution in [0.4, 0.5) is 36.4 Å². The van der Waals surface area contributed by atoms with E-state index in [9.17, 15) is 40.7 Å². The summed E-state index contributed by atoms with van der Waals surface area (Å²) in [6.07, 6.45) is -6.46. The van der Waals surface area contributed by atoms with Gasteiger partial charge in [-0.1, -0.05) is 26.8 Å². The van der Waals surface area contributed by atoms with Gasteiger partial charge >= 0.3 is 6.18 Å². The number of carbonyl (C=O) groups is 3. The van der Waals surface area contributed by atoms with E-state index in [0.717, 1.165) is 24.3 Å². The molecule has 0 bridgehead atoms. The predicted molar refractivity (Wildman–Crippen MR) is 149 cm³/mol. The van der Waals surface area contributed by atoms with Crippen LogP contribution in [0.5, 0.6) is 5.75 Å². The van der Waals surface area contributed by atoms with Crippen molar-refractivity contribution in [2.24, 2.45) is 17.3 Å². The van der Waals surface area contributed by atoms with Crippen molar-refractivity contribution in [3.63, 3.8) is 0 Å². The number of ketones is 1. The van der Waals surface area contributed by atoms with E-state index in [1.807, 2.05) is 0 Å². The van der Waals surface area contributed by atoms with Crippen molar-refractivity contribution < 1.29 is 49.9 Å². The molecule has 0 aromatic heterocycles. The van der Waals surface area contributed by atoms with Gasteiger partial charge in [0.15, 0.2) is 5.78 Å². The van der Waals surface area contributed by atoms with Crippen molar-refractivity contribution in [3.05, 3.63) is 58.7 Å². The number of halogens is 7. The molecule has 44 heavy (non-hydrogen) atoms. The number of amides is 2. The van der Waals surface area contributed by atoms with Gasteiger partial charge < -0.3 is 15.4 Å². The van der Waals surface area contributed by atoms with E-state index in [1.165, 1.54) is 6.07 Å². The SMILES string of the molecule is CC(C)(C)C(=O)NCc1ccc(F)c(C(=O)Nc2ccc(OCC(F)F)c(C(=O)CCC3CCC(C(F)(F)F)CC3)c2)c1F. The molecule has 2 N–H and O–H groups in total. The smallest absolute Gasteiger partial charge is 0.391 e. The Morgan fingerprint density at radius 2 is 1.64 bits per heavy atom. The molecular formula is C31H35F7N2O4. The lowest BCUT2D eigenvalue weighted by Gasteiger charge is -2.29. The zero-order valence-corrected chi connectivity index (χ0v) is 24.6. The van der Waals surface area contributed by atoms with Crippen LogP contribution in [0.3, 0.4) is 0 Å². The summed E-state index contributed by atoms with van der Waals surface area (Å²) in [6.45, 7) is 3.60. The van der Waals surface area contributed by atoms with Crippen LogP contribution in [-0.2, 0) is 11.3 Å². The number of hydrogen-bond donors (Lipinski definition) is 2. The maximum Gasteiger partial charge on any atom is 0.391 e. The van der Waals surface area contributed by atoms with Gasteiger partial charge in [-0.2, -0.15) is 13.2 Å². The van der Waals surface area contributed by atoms with Crippen LogP contribution in [0.1, 0.15) is 85.6 Å². The highest BCUT2D eigenvalue weighted by atomic mass is 19.4. The molecule has 2 aromatic rings. The van der Waals surface area contributed by atoms with Crippen LogP contribution in [0.25, 0.3) is 0 Å². The van der Waals surface area contributed by atoms with Crippen LogP contribution in [-0.4, -0.2) is 36.8 Å². The first kappa shape index (κ1) is 34.8. The Morgan fingerprint density at radius 3 is 2.23 bits per heavy atom. The van der Waals surface area contributed by atoms with Gasteiger partial charge in [-0.15, -0.1) is 0 Å². The lowest BCUT2D eigenvalue weighted by Crippen LogP contribution is -2.34. The van der Waals surface area contributed by atoms with E-state index in [1.54, 1.807) is 20.8 Å². The average Bonchev–Trinajstić information content (AvgIpc) is 2.93. The summed E-state index contributed by atoms with van der Waals surface area (Å²) >= 11 is 0. The number of alkyl halides is 5. The van der Waals surface area contributed by atoms with Crippen LogP contribution >= 0.6 is 0 Å². The average molecular weight is 633 g/mol. The zero-order chi connectivity index (χ0) is 32.8. The third-order valence-corrected chi connectivity index (χ3v) is 7.51. The number of carbonyl (C=O) groups excluding carboxylic acids is 3. The highest BCUT2D eigenvalue weighted by Gasteiger charge is 2.41. The number of anilines is 1. The molecule has 6 nitrogen and oxygen atoms in total. The highest BCUT2D eigenvalue weighted by molar-refractivity contribution is 6.06. The minimum Gasteiger partial charge on any atom is -0.487 e. The predicted octanol–water partition coefficient (Wildman–Crippen LogP) is 7.85. The van der Waals surface area contributed by atoms with E-state index in [4.69, 9.17) is 4.74 Å². The monoisotopic (exact) mass is 632 g/mol. The third kappa shape index (κ3) is 9.43. The molecule has 1 aliphatic rings. The summed E-state index contributed by atoms with van der Waals surface area (Å²) in [6, 6.07) is 5.45. The normalized spacial score (nSPS) is 17.3. The number of benzene rings is 2. The number of ether oxygens (including phenoxy) is 1. The molecule has 1 fully saturated rings. The fourth-order valence-corrected chi connectivity index (χ4v) is 4.93. The summed E-state index contributed by atoms with van der Waals surface area (Å²) in [7, 11) is 0. The summed E-state index contributed by atoms with van der Waals surface area (Å²) in [4.78, 5) is 38.2. The van der Waals surface area contributed by atoms with Crippen LogP contribution in [0.15, 0.2) is 30.3 Å². The Bertz CT molecular complexity index is 1350. The second-order valence-electron chi connectivity index (χ2n) is 11.9. The van der Waals surface area contributed by atoms with E-state index >= 15 is 4.39 Å². The molecule has 3 rings (SSSR count). The fourth-order valence-electron chi connectivity index (χ4n) is 4.93. The van der Waals surface area contributed by atoms with Crippen LogP contribution in [0, 0.1) is 28.9 Å². The minimum atomic E-state index is -4.27. The fraction of sp³-hybridized carbons (Fsp3) is 0.516. The quantitative estimate of drug-likeness (QED) is 0.195. The van der Waals surface area contributed by atoms with Crippen molar-refractivity contribution in [1.82, 2.24) is 5.32 Å². The van der Waals surface area contributed by atoms with Gasteiger partial charge in [-0.3, -0.25) is 14.4 Å². The van der Waals surface area contributed by atoms with Gasteiger partial charge in [0, 0.05) is 29.6 Å². The molecule has 0 atom stereocenters. The maximum atomic E-state index is 15.2. The Labute approximate surface area is 250 Å². The Morgan fingerprint density at radius 1 is 0.977 bits per heavy atom. The van der Waals surface area contributed by atoms with Crippen molar-refractivity contribution >= 4 is 23.3 Å². The molecule has 2 amide bonds. The molecule has 1 aliphatic carbocycles. The molecule has 0 heterocycles. The first-order chi connectivity index (χ1) is 20.5. The summed E-state index contributed by atoms with van der Waals surface area (Å²) in [5.74, 6) is -6.25. The Balaban J connectivity index is 1.76. The lowest BCUT2D eigenvalue weighted by molar-refractivity contribution is -0.184. The molecule has 0 saturated heterocycles.